The average molecular weight is 226 g/mol. The molecule has 2 nitrogen and oxygen atoms in total. The van der Waals surface area contributed by atoms with E-state index in [0.29, 0.717) is 10.7 Å². The van der Waals surface area contributed by atoms with Crippen LogP contribution in [0.4, 0.5) is 0 Å². The van der Waals surface area contributed by atoms with Crippen LogP contribution in [0.25, 0.3) is 10.1 Å². The maximum absolute atomic E-state index is 8.69. The molecular formula is C10H8ClNOS. The van der Waals surface area contributed by atoms with Crippen molar-refractivity contribution in [2.45, 2.75) is 6.92 Å². The third-order valence-electron chi connectivity index (χ3n) is 2.08. The molecule has 0 saturated carbocycles. The van der Waals surface area contributed by atoms with Crippen LogP contribution in [0, 0.1) is 0 Å². The maximum atomic E-state index is 8.69. The Labute approximate surface area is 90.4 Å². The molecule has 0 amide bonds. The number of oxime groups is 1. The molecule has 4 heteroatoms. The largest absolute Gasteiger partial charge is 0.411 e. The molecule has 72 valence electrons. The highest BCUT2D eigenvalue weighted by Crippen LogP contribution is 2.28. The van der Waals surface area contributed by atoms with Gasteiger partial charge < -0.3 is 5.21 Å². The van der Waals surface area contributed by atoms with E-state index in [-0.39, 0.29) is 0 Å². The van der Waals surface area contributed by atoms with Gasteiger partial charge in [0.15, 0.2) is 0 Å². The summed E-state index contributed by atoms with van der Waals surface area (Å²) in [6.07, 6.45) is 0. The van der Waals surface area contributed by atoms with Gasteiger partial charge in [-0.1, -0.05) is 16.8 Å². The van der Waals surface area contributed by atoms with Crippen LogP contribution in [0.15, 0.2) is 28.7 Å². The Morgan fingerprint density at radius 3 is 3.00 bits per heavy atom. The van der Waals surface area contributed by atoms with E-state index in [0.717, 1.165) is 15.6 Å². The third kappa shape index (κ3) is 1.49. The van der Waals surface area contributed by atoms with Gasteiger partial charge in [-0.2, -0.15) is 0 Å². The minimum Gasteiger partial charge on any atom is -0.411 e. The topological polar surface area (TPSA) is 32.6 Å². The highest BCUT2D eigenvalue weighted by atomic mass is 35.5. The van der Waals surface area contributed by atoms with E-state index in [1.54, 1.807) is 18.3 Å². The van der Waals surface area contributed by atoms with E-state index in [1.807, 2.05) is 23.6 Å². The first-order valence-electron chi connectivity index (χ1n) is 4.08. The first kappa shape index (κ1) is 9.49. The van der Waals surface area contributed by atoms with Crippen LogP contribution >= 0.6 is 22.9 Å². The molecule has 0 aliphatic carbocycles. The maximum Gasteiger partial charge on any atom is 0.0851 e. The van der Waals surface area contributed by atoms with E-state index >= 15 is 0 Å². The lowest BCUT2D eigenvalue weighted by Gasteiger charge is -1.96. The Morgan fingerprint density at radius 1 is 1.50 bits per heavy atom. The van der Waals surface area contributed by atoms with Crippen molar-refractivity contribution < 1.29 is 5.21 Å². The van der Waals surface area contributed by atoms with Gasteiger partial charge in [0.25, 0.3) is 0 Å². The summed E-state index contributed by atoms with van der Waals surface area (Å²) >= 11 is 7.51. The van der Waals surface area contributed by atoms with Crippen LogP contribution in [-0.4, -0.2) is 10.9 Å². The number of benzene rings is 1. The van der Waals surface area contributed by atoms with Gasteiger partial charge >= 0.3 is 0 Å². The van der Waals surface area contributed by atoms with Gasteiger partial charge in [-0.05, 0) is 25.1 Å². The molecule has 0 spiro atoms. The molecule has 0 radical (unpaired) electrons. The highest BCUT2D eigenvalue weighted by Gasteiger charge is 2.07. The van der Waals surface area contributed by atoms with Gasteiger partial charge in [-0.15, -0.1) is 11.3 Å². The quantitative estimate of drug-likeness (QED) is 0.448. The third-order valence-corrected chi connectivity index (χ3v) is 3.27. The van der Waals surface area contributed by atoms with Crippen molar-refractivity contribution in [3.05, 3.63) is 34.2 Å². The molecule has 0 bridgehead atoms. The van der Waals surface area contributed by atoms with E-state index in [4.69, 9.17) is 16.8 Å². The van der Waals surface area contributed by atoms with Crippen LogP contribution < -0.4 is 0 Å². The molecular weight excluding hydrogens is 218 g/mol. The number of thiophene rings is 1. The van der Waals surface area contributed by atoms with E-state index in [2.05, 4.69) is 5.16 Å². The summed E-state index contributed by atoms with van der Waals surface area (Å²) in [5, 5.41) is 15.6. The molecule has 1 N–H and O–H groups in total. The average Bonchev–Trinajstić information content (AvgIpc) is 2.59. The minimum absolute atomic E-state index is 0.610. The molecule has 1 heterocycles. The predicted octanol–water partition coefficient (Wildman–Crippen LogP) is 3.75. The summed E-state index contributed by atoms with van der Waals surface area (Å²) in [6.45, 7) is 1.77. The number of hydrogen-bond acceptors (Lipinski definition) is 3. The number of rotatable bonds is 1. The molecule has 14 heavy (non-hydrogen) atoms. The molecule has 2 rings (SSSR count). The van der Waals surface area contributed by atoms with Gasteiger partial charge in [-0.25, -0.2) is 0 Å². The highest BCUT2D eigenvalue weighted by molar-refractivity contribution is 7.17. The van der Waals surface area contributed by atoms with Crippen molar-refractivity contribution in [2.24, 2.45) is 5.16 Å². The van der Waals surface area contributed by atoms with E-state index < -0.39 is 0 Å². The van der Waals surface area contributed by atoms with Gasteiger partial charge in [0.1, 0.15) is 0 Å². The fraction of sp³-hybridized carbons (Fsp3) is 0.100. The second kappa shape index (κ2) is 3.59. The van der Waals surface area contributed by atoms with Crippen molar-refractivity contribution in [2.75, 3.05) is 0 Å². The molecule has 0 unspecified atom stereocenters. The van der Waals surface area contributed by atoms with Crippen LogP contribution in [-0.2, 0) is 0 Å². The number of halogens is 1. The number of hydrogen-bond donors (Lipinski definition) is 1. The monoisotopic (exact) mass is 225 g/mol. The molecule has 2 aromatic rings. The van der Waals surface area contributed by atoms with Gasteiger partial charge in [0.05, 0.1) is 5.71 Å². The Balaban J connectivity index is 2.73. The molecule has 0 atom stereocenters. The zero-order valence-electron chi connectivity index (χ0n) is 7.49. The van der Waals surface area contributed by atoms with Gasteiger partial charge in [0, 0.05) is 26.1 Å². The van der Waals surface area contributed by atoms with Crippen molar-refractivity contribution in [3.63, 3.8) is 0 Å². The van der Waals surface area contributed by atoms with Crippen LogP contribution in [0.3, 0.4) is 0 Å². The smallest absolute Gasteiger partial charge is 0.0851 e. The van der Waals surface area contributed by atoms with Crippen LogP contribution in [0.5, 0.6) is 0 Å². The van der Waals surface area contributed by atoms with Gasteiger partial charge in [0.2, 0.25) is 0 Å². The lowest BCUT2D eigenvalue weighted by atomic mass is 10.1. The zero-order chi connectivity index (χ0) is 10.1. The first-order valence-corrected chi connectivity index (χ1v) is 5.34. The van der Waals surface area contributed by atoms with E-state index in [1.165, 1.54) is 0 Å². The Hall–Kier alpha value is -1.06. The van der Waals surface area contributed by atoms with Crippen molar-refractivity contribution >= 4 is 38.7 Å². The molecule has 0 saturated heterocycles. The summed E-state index contributed by atoms with van der Waals surface area (Å²) in [5.41, 5.74) is 1.55. The molecule has 0 aliphatic heterocycles. The van der Waals surface area contributed by atoms with Crippen molar-refractivity contribution in [1.82, 2.24) is 0 Å². The predicted molar refractivity (Wildman–Crippen MR) is 60.8 cm³/mol. The first-order chi connectivity index (χ1) is 6.72. The number of fused-ring (bicyclic) bond motifs is 1. The Morgan fingerprint density at radius 2 is 2.29 bits per heavy atom. The fourth-order valence-electron chi connectivity index (χ4n) is 1.34. The molecule has 0 fully saturated rings. The molecule has 1 aromatic heterocycles. The minimum atomic E-state index is 0.610. The second-order valence-electron chi connectivity index (χ2n) is 2.98. The van der Waals surface area contributed by atoms with Gasteiger partial charge in [-0.3, -0.25) is 0 Å². The van der Waals surface area contributed by atoms with Crippen molar-refractivity contribution in [3.8, 4) is 0 Å². The van der Waals surface area contributed by atoms with Crippen LogP contribution in [0.2, 0.25) is 5.02 Å². The summed E-state index contributed by atoms with van der Waals surface area (Å²) in [7, 11) is 0. The Kier molecular flexibility index (Phi) is 2.44. The summed E-state index contributed by atoms with van der Waals surface area (Å²) in [5.74, 6) is 0. The standard InChI is InChI=1S/C10H8ClNOS/c1-6(12-13)9-5-14-10-3-2-7(11)4-8(9)10/h2-5,13H,1H3/b12-6+. The fourth-order valence-corrected chi connectivity index (χ4v) is 2.49. The second-order valence-corrected chi connectivity index (χ2v) is 4.32. The van der Waals surface area contributed by atoms with Crippen molar-refractivity contribution in [1.29, 1.82) is 0 Å². The SMILES string of the molecule is C/C(=N\O)c1csc2ccc(Cl)cc12. The molecule has 0 aliphatic rings. The summed E-state index contributed by atoms with van der Waals surface area (Å²) in [4.78, 5) is 0. The summed E-state index contributed by atoms with van der Waals surface area (Å²) in [6, 6.07) is 5.71. The molecule has 1 aromatic carbocycles. The Bertz CT molecular complexity index is 504. The zero-order valence-corrected chi connectivity index (χ0v) is 9.06. The lowest BCUT2D eigenvalue weighted by Crippen LogP contribution is -1.91. The summed E-state index contributed by atoms with van der Waals surface area (Å²) < 4.78 is 1.15. The number of nitrogens with zero attached hydrogens (tertiary/aromatic N) is 1. The van der Waals surface area contributed by atoms with Crippen LogP contribution in [0.1, 0.15) is 12.5 Å². The van der Waals surface area contributed by atoms with E-state index in [9.17, 15) is 0 Å². The normalized spacial score (nSPS) is 12.3. The lowest BCUT2D eigenvalue weighted by molar-refractivity contribution is 0.319.